The summed E-state index contributed by atoms with van der Waals surface area (Å²) >= 11 is 1.65. The average molecular weight is 365 g/mol. The molecule has 0 saturated heterocycles. The van der Waals surface area contributed by atoms with E-state index in [2.05, 4.69) is 9.97 Å². The molecule has 0 saturated carbocycles. The molecule has 1 aromatic carbocycles. The number of imidazole rings is 1. The van der Waals surface area contributed by atoms with E-state index in [9.17, 15) is 18.0 Å². The first kappa shape index (κ1) is 17.5. The lowest BCUT2D eigenvalue weighted by Crippen LogP contribution is -2.23. The topological polar surface area (TPSA) is 47.8 Å². The number of halogens is 3. The number of benzene rings is 1. The number of nitrogens with zero attached hydrogens (tertiary/aromatic N) is 3. The number of rotatable bonds is 4. The molecule has 3 aromatic rings. The van der Waals surface area contributed by atoms with Crippen molar-refractivity contribution in [2.24, 2.45) is 7.05 Å². The first-order chi connectivity index (χ1) is 11.8. The highest BCUT2D eigenvalue weighted by molar-refractivity contribution is 7.99. The highest BCUT2D eigenvalue weighted by Gasteiger charge is 2.40. The first-order valence-electron chi connectivity index (χ1n) is 7.50. The number of carbonyl (C=O) groups is 1. The molecule has 25 heavy (non-hydrogen) atoms. The van der Waals surface area contributed by atoms with E-state index < -0.39 is 17.7 Å². The smallest absolute Gasteiger partial charge is 0.312 e. The van der Waals surface area contributed by atoms with Crippen LogP contribution >= 0.6 is 11.8 Å². The maximum Gasteiger partial charge on any atom is 0.456 e. The Hall–Kier alpha value is -2.35. The predicted octanol–water partition coefficient (Wildman–Crippen LogP) is 4.49. The van der Waals surface area contributed by atoms with E-state index in [1.807, 2.05) is 31.2 Å². The van der Waals surface area contributed by atoms with Gasteiger partial charge in [0.05, 0.1) is 0 Å². The molecule has 0 radical (unpaired) electrons. The van der Waals surface area contributed by atoms with Gasteiger partial charge in [-0.2, -0.15) is 13.2 Å². The van der Waals surface area contributed by atoms with Gasteiger partial charge in [-0.1, -0.05) is 25.1 Å². The molecule has 0 unspecified atom stereocenters. The maximum atomic E-state index is 12.6. The van der Waals surface area contributed by atoms with Crippen molar-refractivity contribution in [3.05, 3.63) is 42.1 Å². The van der Waals surface area contributed by atoms with Crippen LogP contribution < -0.4 is 0 Å². The molecule has 0 bridgehead atoms. The second kappa shape index (κ2) is 6.51. The van der Waals surface area contributed by atoms with Gasteiger partial charge in [0.15, 0.2) is 5.65 Å². The van der Waals surface area contributed by atoms with E-state index in [1.54, 1.807) is 23.4 Å². The molecule has 0 amide bonds. The fourth-order valence-electron chi connectivity index (χ4n) is 2.51. The number of carbonyl (C=O) groups excluding carboxylic acids is 1. The van der Waals surface area contributed by atoms with Gasteiger partial charge in [-0.15, -0.1) is 11.8 Å². The van der Waals surface area contributed by atoms with E-state index >= 15 is 0 Å². The molecule has 0 aliphatic heterocycles. The summed E-state index contributed by atoms with van der Waals surface area (Å²) in [6, 6.07) is 10.1. The van der Waals surface area contributed by atoms with E-state index in [0.717, 1.165) is 22.3 Å². The molecular formula is C17H14F3N3OS. The van der Waals surface area contributed by atoms with Gasteiger partial charge in [0.2, 0.25) is 0 Å². The minimum absolute atomic E-state index is 0.237. The molecule has 2 heterocycles. The van der Waals surface area contributed by atoms with Crippen molar-refractivity contribution in [3.8, 4) is 11.4 Å². The average Bonchev–Trinajstić information content (AvgIpc) is 2.90. The Bertz CT molecular complexity index is 950. The SMILES string of the molecule is CCSc1ccccc1-c1nc2ccc(C(=O)C(F)(F)F)nc2n1C. The van der Waals surface area contributed by atoms with Crippen LogP contribution in [0.25, 0.3) is 22.6 Å². The lowest BCUT2D eigenvalue weighted by atomic mass is 10.2. The standard InChI is InChI=1S/C17H14F3N3OS/c1-3-25-13-7-5-4-6-10(13)15-22-12-9-8-11(14(24)17(18,19)20)21-16(12)23(15)2/h4-9H,3H2,1-2H3. The van der Waals surface area contributed by atoms with Crippen LogP contribution in [0.15, 0.2) is 41.3 Å². The Balaban J connectivity index is 2.14. The molecular weight excluding hydrogens is 351 g/mol. The molecule has 0 spiro atoms. The Labute approximate surface area is 146 Å². The molecule has 130 valence electrons. The van der Waals surface area contributed by atoms with Crippen molar-refractivity contribution in [2.45, 2.75) is 18.0 Å². The Kier molecular flexibility index (Phi) is 4.55. The summed E-state index contributed by atoms with van der Waals surface area (Å²) in [5.41, 5.74) is 0.915. The van der Waals surface area contributed by atoms with E-state index in [-0.39, 0.29) is 5.65 Å². The minimum atomic E-state index is -4.95. The summed E-state index contributed by atoms with van der Waals surface area (Å²) in [5.74, 6) is -0.488. The van der Waals surface area contributed by atoms with Gasteiger partial charge in [0.25, 0.3) is 5.78 Å². The fourth-order valence-corrected chi connectivity index (χ4v) is 3.31. The lowest BCUT2D eigenvalue weighted by Gasteiger charge is -2.08. The monoisotopic (exact) mass is 365 g/mol. The number of thioether (sulfide) groups is 1. The second-order valence-electron chi connectivity index (χ2n) is 5.29. The van der Waals surface area contributed by atoms with Crippen molar-refractivity contribution in [2.75, 3.05) is 5.75 Å². The molecule has 0 atom stereocenters. The number of Topliss-reactive ketones (excluding diaryl/α,β-unsaturated/α-hetero) is 1. The number of pyridine rings is 1. The zero-order valence-electron chi connectivity index (χ0n) is 13.5. The summed E-state index contributed by atoms with van der Waals surface area (Å²) in [7, 11) is 1.67. The fraction of sp³-hybridized carbons (Fsp3) is 0.235. The second-order valence-corrected chi connectivity index (χ2v) is 6.60. The number of ketones is 1. The van der Waals surface area contributed by atoms with E-state index in [4.69, 9.17) is 0 Å². The number of alkyl halides is 3. The third-order valence-corrected chi connectivity index (χ3v) is 4.59. The van der Waals surface area contributed by atoms with Gasteiger partial charge in [0, 0.05) is 17.5 Å². The van der Waals surface area contributed by atoms with Gasteiger partial charge in [-0.25, -0.2) is 9.97 Å². The van der Waals surface area contributed by atoms with Gasteiger partial charge >= 0.3 is 6.18 Å². The Morgan fingerprint density at radius 3 is 2.56 bits per heavy atom. The van der Waals surface area contributed by atoms with E-state index in [1.165, 1.54) is 6.07 Å². The van der Waals surface area contributed by atoms with Crippen molar-refractivity contribution in [1.29, 1.82) is 0 Å². The van der Waals surface area contributed by atoms with Crippen molar-refractivity contribution >= 4 is 28.7 Å². The van der Waals surface area contributed by atoms with Crippen molar-refractivity contribution < 1.29 is 18.0 Å². The quantitative estimate of drug-likeness (QED) is 0.505. The minimum Gasteiger partial charge on any atom is -0.312 e. The molecule has 2 aromatic heterocycles. The normalized spacial score (nSPS) is 11.9. The molecule has 0 N–H and O–H groups in total. The van der Waals surface area contributed by atoms with Crippen LogP contribution in [-0.2, 0) is 7.05 Å². The number of aryl methyl sites for hydroxylation is 1. The summed E-state index contributed by atoms with van der Waals surface area (Å²) in [6.07, 6.45) is -4.95. The van der Waals surface area contributed by atoms with Gasteiger partial charge < -0.3 is 4.57 Å². The molecule has 3 rings (SSSR count). The third kappa shape index (κ3) is 3.26. The molecule has 4 nitrogen and oxygen atoms in total. The van der Waals surface area contributed by atoms with Gasteiger partial charge in [-0.3, -0.25) is 4.79 Å². The maximum absolute atomic E-state index is 12.6. The van der Waals surface area contributed by atoms with E-state index in [0.29, 0.717) is 11.3 Å². The molecule has 0 aliphatic rings. The highest BCUT2D eigenvalue weighted by atomic mass is 32.2. The van der Waals surface area contributed by atoms with Crippen LogP contribution in [0.1, 0.15) is 17.4 Å². The van der Waals surface area contributed by atoms with Gasteiger partial charge in [0.1, 0.15) is 17.0 Å². The molecule has 0 aliphatic carbocycles. The number of hydrogen-bond acceptors (Lipinski definition) is 4. The Morgan fingerprint density at radius 1 is 1.16 bits per heavy atom. The molecule has 0 fully saturated rings. The third-order valence-electron chi connectivity index (χ3n) is 3.63. The predicted molar refractivity (Wildman–Crippen MR) is 90.7 cm³/mol. The zero-order valence-corrected chi connectivity index (χ0v) is 14.3. The van der Waals surface area contributed by atoms with Crippen LogP contribution in [0, 0.1) is 0 Å². The molecule has 8 heteroatoms. The number of aromatic nitrogens is 3. The van der Waals surface area contributed by atoms with Crippen LogP contribution in [0.3, 0.4) is 0 Å². The number of fused-ring (bicyclic) bond motifs is 1. The van der Waals surface area contributed by atoms with Crippen molar-refractivity contribution in [1.82, 2.24) is 14.5 Å². The van der Waals surface area contributed by atoms with Crippen molar-refractivity contribution in [3.63, 3.8) is 0 Å². The van der Waals surface area contributed by atoms with Crippen LogP contribution in [0.2, 0.25) is 0 Å². The lowest BCUT2D eigenvalue weighted by molar-refractivity contribution is -0.0888. The summed E-state index contributed by atoms with van der Waals surface area (Å²) in [6.45, 7) is 2.03. The van der Waals surface area contributed by atoms with Crippen LogP contribution in [0.4, 0.5) is 13.2 Å². The van der Waals surface area contributed by atoms with Crippen LogP contribution in [-0.4, -0.2) is 32.2 Å². The summed E-state index contributed by atoms with van der Waals surface area (Å²) in [4.78, 5) is 20.8. The Morgan fingerprint density at radius 2 is 1.88 bits per heavy atom. The van der Waals surface area contributed by atoms with Gasteiger partial charge in [-0.05, 0) is 24.0 Å². The summed E-state index contributed by atoms with van der Waals surface area (Å²) in [5, 5.41) is 0. The highest BCUT2D eigenvalue weighted by Crippen LogP contribution is 2.32. The number of hydrogen-bond donors (Lipinski definition) is 0. The zero-order chi connectivity index (χ0) is 18.2. The first-order valence-corrected chi connectivity index (χ1v) is 8.48. The summed E-state index contributed by atoms with van der Waals surface area (Å²) < 4.78 is 39.5. The van der Waals surface area contributed by atoms with Crippen LogP contribution in [0.5, 0.6) is 0 Å². The largest absolute Gasteiger partial charge is 0.456 e.